The van der Waals surface area contributed by atoms with Crippen LogP contribution in [0, 0.1) is 0 Å². The number of carbonyl (C=O) groups is 3. The van der Waals surface area contributed by atoms with Crippen LogP contribution in [0.4, 0.5) is 10.5 Å². The van der Waals surface area contributed by atoms with Crippen LogP contribution in [0.2, 0.25) is 0 Å². The first-order valence-electron chi connectivity index (χ1n) is 10.4. The maximum atomic E-state index is 12.5. The Balaban J connectivity index is 1.53. The predicted molar refractivity (Wildman–Crippen MR) is 117 cm³/mol. The van der Waals surface area contributed by atoms with E-state index in [1.165, 1.54) is 17.7 Å². The highest BCUT2D eigenvalue weighted by molar-refractivity contribution is 6.04. The number of allylic oxidation sites excluding steroid dienone is 1. The third kappa shape index (κ3) is 6.99. The Morgan fingerprint density at radius 2 is 1.77 bits per heavy atom. The van der Waals surface area contributed by atoms with E-state index in [-0.39, 0.29) is 18.4 Å². The van der Waals surface area contributed by atoms with Crippen molar-refractivity contribution in [1.29, 1.82) is 0 Å². The van der Waals surface area contributed by atoms with Crippen LogP contribution in [-0.4, -0.2) is 24.6 Å². The first kappa shape index (κ1) is 22.1. The Labute approximate surface area is 181 Å². The van der Waals surface area contributed by atoms with Gasteiger partial charge in [0.1, 0.15) is 5.75 Å². The second-order valence-electron chi connectivity index (χ2n) is 7.19. The molecular weight excluding hydrogens is 396 g/mol. The van der Waals surface area contributed by atoms with E-state index in [1.54, 1.807) is 31.2 Å². The first-order chi connectivity index (χ1) is 15.0. The van der Waals surface area contributed by atoms with Gasteiger partial charge in [-0.3, -0.25) is 9.59 Å². The zero-order valence-corrected chi connectivity index (χ0v) is 17.5. The lowest BCUT2D eigenvalue weighted by atomic mass is 10.1. The van der Waals surface area contributed by atoms with E-state index in [0.717, 1.165) is 31.2 Å². The number of anilines is 1. The minimum Gasteiger partial charge on any atom is -0.434 e. The Kier molecular flexibility index (Phi) is 7.81. The van der Waals surface area contributed by atoms with Gasteiger partial charge in [0.25, 0.3) is 5.91 Å². The molecule has 1 aliphatic rings. The fourth-order valence-electron chi connectivity index (χ4n) is 3.28. The van der Waals surface area contributed by atoms with Gasteiger partial charge in [-0.2, -0.15) is 0 Å². The molecule has 0 heterocycles. The van der Waals surface area contributed by atoms with Gasteiger partial charge in [0, 0.05) is 23.9 Å². The molecule has 0 unspecified atom stereocenters. The van der Waals surface area contributed by atoms with E-state index in [4.69, 9.17) is 9.47 Å². The lowest BCUT2D eigenvalue weighted by Gasteiger charge is -2.09. The third-order valence-electron chi connectivity index (χ3n) is 4.81. The number of nitrogens with one attached hydrogen (secondary N) is 2. The largest absolute Gasteiger partial charge is 0.513 e. The van der Waals surface area contributed by atoms with E-state index in [9.17, 15) is 14.4 Å². The van der Waals surface area contributed by atoms with Crippen molar-refractivity contribution in [2.24, 2.45) is 0 Å². The zero-order chi connectivity index (χ0) is 22.1. The minimum absolute atomic E-state index is 0.0866. The monoisotopic (exact) mass is 422 g/mol. The normalized spacial score (nSPS) is 12.7. The van der Waals surface area contributed by atoms with Crippen molar-refractivity contribution < 1.29 is 23.9 Å². The lowest BCUT2D eigenvalue weighted by molar-refractivity contribution is -0.116. The van der Waals surface area contributed by atoms with Crippen molar-refractivity contribution in [1.82, 2.24) is 5.32 Å². The quantitative estimate of drug-likeness (QED) is 0.387. The van der Waals surface area contributed by atoms with Gasteiger partial charge in [-0.15, -0.1) is 0 Å². The van der Waals surface area contributed by atoms with Gasteiger partial charge in [0.15, 0.2) is 0 Å². The summed E-state index contributed by atoms with van der Waals surface area (Å²) in [7, 11) is 0. The maximum absolute atomic E-state index is 12.5. The van der Waals surface area contributed by atoms with Gasteiger partial charge in [-0.05, 0) is 74.6 Å². The Hall–Kier alpha value is -3.61. The van der Waals surface area contributed by atoms with E-state index in [1.807, 2.05) is 18.2 Å². The summed E-state index contributed by atoms with van der Waals surface area (Å²) in [5.41, 5.74) is 3.13. The van der Waals surface area contributed by atoms with Crippen LogP contribution in [0.1, 0.15) is 48.5 Å². The highest BCUT2D eigenvalue weighted by atomic mass is 16.7. The van der Waals surface area contributed by atoms with Crippen molar-refractivity contribution in [3.63, 3.8) is 0 Å². The molecule has 1 fully saturated rings. The summed E-state index contributed by atoms with van der Waals surface area (Å²) >= 11 is 0. The van der Waals surface area contributed by atoms with Crippen LogP contribution in [0.25, 0.3) is 0 Å². The molecule has 7 heteroatoms. The Bertz CT molecular complexity index is 958. The van der Waals surface area contributed by atoms with E-state index >= 15 is 0 Å². The average Bonchev–Trinajstić information content (AvgIpc) is 3.26. The number of amides is 2. The molecule has 0 aromatic heterocycles. The number of carbonyl (C=O) groups excluding carboxylic acids is 3. The molecule has 2 amide bonds. The van der Waals surface area contributed by atoms with E-state index < -0.39 is 6.16 Å². The zero-order valence-electron chi connectivity index (χ0n) is 17.5. The number of benzene rings is 2. The molecule has 0 bridgehead atoms. The maximum Gasteiger partial charge on any atom is 0.513 e. The van der Waals surface area contributed by atoms with Crippen LogP contribution < -0.4 is 15.4 Å². The average molecular weight is 422 g/mol. The molecule has 0 saturated heterocycles. The molecule has 2 aromatic carbocycles. The van der Waals surface area contributed by atoms with Crippen LogP contribution in [0.5, 0.6) is 5.75 Å². The Morgan fingerprint density at radius 1 is 1.03 bits per heavy atom. The van der Waals surface area contributed by atoms with Gasteiger partial charge in [0.05, 0.1) is 6.61 Å². The Morgan fingerprint density at radius 3 is 2.48 bits per heavy atom. The van der Waals surface area contributed by atoms with Gasteiger partial charge in [0.2, 0.25) is 5.91 Å². The number of ether oxygens (including phenoxy) is 2. The van der Waals surface area contributed by atoms with Gasteiger partial charge in [-0.25, -0.2) is 4.79 Å². The third-order valence-corrected chi connectivity index (χ3v) is 4.81. The molecule has 2 N–H and O–H groups in total. The molecule has 0 radical (unpaired) electrons. The summed E-state index contributed by atoms with van der Waals surface area (Å²) in [6.07, 6.45) is 5.23. The molecule has 162 valence electrons. The number of rotatable bonds is 7. The van der Waals surface area contributed by atoms with Crippen molar-refractivity contribution in [3.05, 3.63) is 71.3 Å². The van der Waals surface area contributed by atoms with Gasteiger partial charge in [-0.1, -0.05) is 17.7 Å². The highest BCUT2D eigenvalue weighted by Crippen LogP contribution is 2.23. The van der Waals surface area contributed by atoms with Crippen molar-refractivity contribution in [2.45, 2.75) is 39.2 Å². The first-order valence-corrected chi connectivity index (χ1v) is 10.4. The molecule has 2 aromatic rings. The molecule has 0 spiro atoms. The van der Waals surface area contributed by atoms with Crippen molar-refractivity contribution in [2.75, 3.05) is 11.9 Å². The fourth-order valence-corrected chi connectivity index (χ4v) is 3.28. The molecule has 31 heavy (non-hydrogen) atoms. The van der Waals surface area contributed by atoms with Crippen LogP contribution >= 0.6 is 0 Å². The summed E-state index contributed by atoms with van der Waals surface area (Å²) in [6.45, 7) is 2.29. The summed E-state index contributed by atoms with van der Waals surface area (Å²) in [4.78, 5) is 35.9. The lowest BCUT2D eigenvalue weighted by Crippen LogP contribution is -2.21. The van der Waals surface area contributed by atoms with Crippen LogP contribution in [0.3, 0.4) is 0 Å². The molecule has 7 nitrogen and oxygen atoms in total. The molecular formula is C24H26N2O5. The van der Waals surface area contributed by atoms with Crippen molar-refractivity contribution in [3.8, 4) is 5.75 Å². The summed E-state index contributed by atoms with van der Waals surface area (Å²) in [5.74, 6) is -0.0911. The SMILES string of the molecule is CCOC(=O)Oc1ccc(C(=O)Nc2cccc(CNC(=O)C=C3CCCC3)c2)cc1. The minimum atomic E-state index is -0.789. The second kappa shape index (κ2) is 11.0. The predicted octanol–water partition coefficient (Wildman–Crippen LogP) is 4.59. The number of hydrogen-bond acceptors (Lipinski definition) is 5. The topological polar surface area (TPSA) is 93.7 Å². The van der Waals surface area contributed by atoms with E-state index in [0.29, 0.717) is 23.5 Å². The molecule has 1 saturated carbocycles. The van der Waals surface area contributed by atoms with Gasteiger partial charge < -0.3 is 20.1 Å². The molecule has 0 atom stereocenters. The number of hydrogen-bond donors (Lipinski definition) is 2. The summed E-state index contributed by atoms with van der Waals surface area (Å²) in [5, 5.41) is 5.72. The molecule has 0 aliphatic heterocycles. The highest BCUT2D eigenvalue weighted by Gasteiger charge is 2.10. The molecule has 1 aliphatic carbocycles. The fraction of sp³-hybridized carbons (Fsp3) is 0.292. The smallest absolute Gasteiger partial charge is 0.434 e. The van der Waals surface area contributed by atoms with Crippen LogP contribution in [-0.2, 0) is 16.1 Å². The summed E-state index contributed by atoms with van der Waals surface area (Å²) in [6, 6.07) is 13.5. The van der Waals surface area contributed by atoms with E-state index in [2.05, 4.69) is 10.6 Å². The standard InChI is InChI=1S/C24H26N2O5/c1-2-30-24(29)31-21-12-10-19(11-13-21)23(28)26-20-9-5-8-18(14-20)16-25-22(27)15-17-6-3-4-7-17/h5,8-15H,2-4,6-7,16H2,1H3,(H,25,27)(H,26,28). The van der Waals surface area contributed by atoms with Crippen LogP contribution in [0.15, 0.2) is 60.2 Å². The second-order valence-corrected chi connectivity index (χ2v) is 7.19. The van der Waals surface area contributed by atoms with Gasteiger partial charge >= 0.3 is 6.16 Å². The van der Waals surface area contributed by atoms with Crippen molar-refractivity contribution >= 4 is 23.7 Å². The summed E-state index contributed by atoms with van der Waals surface area (Å²) < 4.78 is 9.69. The molecule has 3 rings (SSSR count).